The number of nitrogens with two attached hydrogens (primary N) is 1. The van der Waals surface area contributed by atoms with Crippen LogP contribution in [0.1, 0.15) is 28.7 Å². The largest absolute Gasteiger partial charge is 0.493 e. The van der Waals surface area contributed by atoms with Crippen LogP contribution in [0, 0.1) is 13.8 Å². The summed E-state index contributed by atoms with van der Waals surface area (Å²) in [6, 6.07) is 5.18. The van der Waals surface area contributed by atoms with Gasteiger partial charge in [0.1, 0.15) is 11.3 Å². The maximum absolute atomic E-state index is 12.5. The SMILES string of the molecule is CCOc1cccc(N)c1C(=O)Nc1c(C)nn(C)c1C. The molecule has 112 valence electrons. The van der Waals surface area contributed by atoms with E-state index in [4.69, 9.17) is 10.5 Å². The number of carbonyl (C=O) groups excluding carboxylic acids is 1. The van der Waals surface area contributed by atoms with E-state index in [1.54, 1.807) is 22.9 Å². The first-order valence-corrected chi connectivity index (χ1v) is 6.78. The Kier molecular flexibility index (Phi) is 4.16. The maximum Gasteiger partial charge on any atom is 0.261 e. The number of anilines is 2. The molecule has 0 saturated carbocycles. The number of rotatable bonds is 4. The van der Waals surface area contributed by atoms with Crippen LogP contribution in [0.3, 0.4) is 0 Å². The van der Waals surface area contributed by atoms with Gasteiger partial charge < -0.3 is 15.8 Å². The molecule has 0 spiro atoms. The minimum Gasteiger partial charge on any atom is -0.493 e. The number of benzene rings is 1. The van der Waals surface area contributed by atoms with Gasteiger partial charge in [0, 0.05) is 12.7 Å². The lowest BCUT2D eigenvalue weighted by molar-refractivity contribution is 0.102. The van der Waals surface area contributed by atoms with Gasteiger partial charge in [0.25, 0.3) is 5.91 Å². The Morgan fingerprint density at radius 1 is 1.43 bits per heavy atom. The summed E-state index contributed by atoms with van der Waals surface area (Å²) >= 11 is 0. The van der Waals surface area contributed by atoms with Gasteiger partial charge >= 0.3 is 0 Å². The lowest BCUT2D eigenvalue weighted by Crippen LogP contribution is -2.16. The van der Waals surface area contributed by atoms with Crippen molar-refractivity contribution in [2.45, 2.75) is 20.8 Å². The van der Waals surface area contributed by atoms with E-state index in [-0.39, 0.29) is 5.91 Å². The first-order chi connectivity index (χ1) is 9.95. The molecule has 6 heteroatoms. The van der Waals surface area contributed by atoms with E-state index in [0.717, 1.165) is 11.4 Å². The second kappa shape index (κ2) is 5.87. The van der Waals surface area contributed by atoms with Crippen molar-refractivity contribution in [3.8, 4) is 5.75 Å². The van der Waals surface area contributed by atoms with Crippen molar-refractivity contribution in [3.05, 3.63) is 35.2 Å². The zero-order valence-electron chi connectivity index (χ0n) is 12.7. The zero-order chi connectivity index (χ0) is 15.6. The van der Waals surface area contributed by atoms with Gasteiger partial charge in [-0.25, -0.2) is 0 Å². The molecule has 0 saturated heterocycles. The Labute approximate surface area is 123 Å². The Morgan fingerprint density at radius 2 is 2.14 bits per heavy atom. The number of hydrogen-bond acceptors (Lipinski definition) is 4. The Bertz CT molecular complexity index is 677. The van der Waals surface area contributed by atoms with Crippen LogP contribution in [0.2, 0.25) is 0 Å². The highest BCUT2D eigenvalue weighted by Crippen LogP contribution is 2.27. The predicted octanol–water partition coefficient (Wildman–Crippen LogP) is 2.27. The zero-order valence-corrected chi connectivity index (χ0v) is 12.7. The van der Waals surface area contributed by atoms with Crippen molar-refractivity contribution in [3.63, 3.8) is 0 Å². The summed E-state index contributed by atoms with van der Waals surface area (Å²) in [5, 5.41) is 7.15. The van der Waals surface area contributed by atoms with Gasteiger partial charge in [-0.15, -0.1) is 0 Å². The molecule has 2 aromatic rings. The van der Waals surface area contributed by atoms with E-state index in [2.05, 4.69) is 10.4 Å². The van der Waals surface area contributed by atoms with Crippen molar-refractivity contribution < 1.29 is 9.53 Å². The first kappa shape index (κ1) is 14.9. The van der Waals surface area contributed by atoms with Crippen molar-refractivity contribution in [1.29, 1.82) is 0 Å². The van der Waals surface area contributed by atoms with Crippen LogP contribution in [0.25, 0.3) is 0 Å². The second-order valence-corrected chi connectivity index (χ2v) is 4.78. The van der Waals surface area contributed by atoms with Crippen LogP contribution in [0.4, 0.5) is 11.4 Å². The van der Waals surface area contributed by atoms with Gasteiger partial charge in [-0.1, -0.05) is 6.07 Å². The molecule has 1 amide bonds. The summed E-state index contributed by atoms with van der Waals surface area (Å²) in [7, 11) is 1.83. The number of carbonyl (C=O) groups is 1. The molecule has 0 fully saturated rings. The standard InChI is InChI=1S/C15H20N4O2/c1-5-21-12-8-6-7-11(16)13(12)15(20)17-14-9(2)18-19(4)10(14)3/h6-8H,5,16H2,1-4H3,(H,17,20). The molecule has 1 aromatic carbocycles. The Balaban J connectivity index is 2.37. The normalized spacial score (nSPS) is 10.5. The molecule has 0 aliphatic carbocycles. The van der Waals surface area contributed by atoms with Crippen LogP contribution in [-0.4, -0.2) is 22.3 Å². The van der Waals surface area contributed by atoms with Crippen LogP contribution < -0.4 is 15.8 Å². The molecule has 2 rings (SSSR count). The highest BCUT2D eigenvalue weighted by Gasteiger charge is 2.19. The first-order valence-electron chi connectivity index (χ1n) is 6.78. The van der Waals surface area contributed by atoms with Gasteiger partial charge in [-0.2, -0.15) is 5.10 Å². The number of hydrogen-bond donors (Lipinski definition) is 2. The van der Waals surface area contributed by atoms with E-state index in [1.165, 1.54) is 0 Å². The third-order valence-electron chi connectivity index (χ3n) is 3.33. The third-order valence-corrected chi connectivity index (χ3v) is 3.33. The Morgan fingerprint density at radius 3 is 2.71 bits per heavy atom. The van der Waals surface area contributed by atoms with Crippen LogP contribution in [-0.2, 0) is 7.05 Å². The van der Waals surface area contributed by atoms with E-state index in [0.29, 0.717) is 29.3 Å². The van der Waals surface area contributed by atoms with Crippen LogP contribution in [0.15, 0.2) is 18.2 Å². The summed E-state index contributed by atoms with van der Waals surface area (Å²) in [5.41, 5.74) is 9.01. The van der Waals surface area contributed by atoms with Gasteiger partial charge in [0.2, 0.25) is 0 Å². The molecule has 3 N–H and O–H groups in total. The number of amides is 1. The number of nitrogens with zero attached hydrogens (tertiary/aromatic N) is 2. The van der Waals surface area contributed by atoms with Gasteiger partial charge in [0.05, 0.1) is 23.7 Å². The average molecular weight is 288 g/mol. The molecule has 1 heterocycles. The topological polar surface area (TPSA) is 82.2 Å². The number of nitrogens with one attached hydrogen (secondary N) is 1. The molecule has 0 bridgehead atoms. The number of ether oxygens (including phenoxy) is 1. The van der Waals surface area contributed by atoms with Gasteiger partial charge in [-0.05, 0) is 32.9 Å². The lowest BCUT2D eigenvalue weighted by Gasteiger charge is -2.13. The predicted molar refractivity (Wildman–Crippen MR) is 82.7 cm³/mol. The second-order valence-electron chi connectivity index (χ2n) is 4.78. The monoisotopic (exact) mass is 288 g/mol. The number of aryl methyl sites for hydroxylation is 2. The summed E-state index contributed by atoms with van der Waals surface area (Å²) in [5.74, 6) is 0.185. The highest BCUT2D eigenvalue weighted by molar-refractivity contribution is 6.10. The fourth-order valence-electron chi connectivity index (χ4n) is 2.20. The molecule has 0 atom stereocenters. The summed E-state index contributed by atoms with van der Waals surface area (Å²) in [4.78, 5) is 12.5. The number of nitrogen functional groups attached to an aromatic ring is 1. The molecule has 1 aromatic heterocycles. The lowest BCUT2D eigenvalue weighted by atomic mass is 10.1. The highest BCUT2D eigenvalue weighted by atomic mass is 16.5. The van der Waals surface area contributed by atoms with E-state index >= 15 is 0 Å². The van der Waals surface area contributed by atoms with Crippen molar-refractivity contribution in [1.82, 2.24) is 9.78 Å². The molecule has 0 radical (unpaired) electrons. The molecular weight excluding hydrogens is 268 g/mol. The van der Waals surface area contributed by atoms with Crippen molar-refractivity contribution in [2.75, 3.05) is 17.7 Å². The molecular formula is C15H20N4O2. The maximum atomic E-state index is 12.5. The van der Waals surface area contributed by atoms with Gasteiger partial charge in [0.15, 0.2) is 0 Å². The van der Waals surface area contributed by atoms with E-state index in [1.807, 2.05) is 27.8 Å². The average Bonchev–Trinajstić information content (AvgIpc) is 2.66. The molecule has 0 aliphatic heterocycles. The fourth-order valence-corrected chi connectivity index (χ4v) is 2.20. The minimum absolute atomic E-state index is 0.296. The Hall–Kier alpha value is -2.50. The third kappa shape index (κ3) is 2.84. The molecule has 0 aliphatic rings. The summed E-state index contributed by atoms with van der Waals surface area (Å²) in [6.45, 7) is 6.07. The van der Waals surface area contributed by atoms with Crippen LogP contribution >= 0.6 is 0 Å². The minimum atomic E-state index is -0.296. The molecule has 0 unspecified atom stereocenters. The fraction of sp³-hybridized carbons (Fsp3) is 0.333. The van der Waals surface area contributed by atoms with E-state index in [9.17, 15) is 4.79 Å². The van der Waals surface area contributed by atoms with Gasteiger partial charge in [-0.3, -0.25) is 9.48 Å². The number of aromatic nitrogens is 2. The molecule has 6 nitrogen and oxygen atoms in total. The van der Waals surface area contributed by atoms with E-state index < -0.39 is 0 Å². The van der Waals surface area contributed by atoms with Crippen molar-refractivity contribution >= 4 is 17.3 Å². The smallest absolute Gasteiger partial charge is 0.261 e. The van der Waals surface area contributed by atoms with Crippen molar-refractivity contribution in [2.24, 2.45) is 7.05 Å². The summed E-state index contributed by atoms with van der Waals surface area (Å²) < 4.78 is 7.21. The molecule has 21 heavy (non-hydrogen) atoms. The quantitative estimate of drug-likeness (QED) is 0.845. The summed E-state index contributed by atoms with van der Waals surface area (Å²) in [6.07, 6.45) is 0. The van der Waals surface area contributed by atoms with Crippen LogP contribution in [0.5, 0.6) is 5.75 Å².